The number of carbonyl (C=O) groups is 2. The molecule has 0 saturated heterocycles. The van der Waals surface area contributed by atoms with Gasteiger partial charge in [0, 0.05) is 5.39 Å². The number of aromatic nitrogens is 1. The number of ether oxygens (including phenoxy) is 1. The van der Waals surface area contributed by atoms with Gasteiger partial charge in [0.1, 0.15) is 11.7 Å². The average Bonchev–Trinajstić information content (AvgIpc) is 3.20. The number of nitrogens with zero attached hydrogens (tertiary/aromatic N) is 1. The lowest BCUT2D eigenvalue weighted by Crippen LogP contribution is -2.42. The van der Waals surface area contributed by atoms with E-state index in [0.717, 1.165) is 0 Å². The van der Waals surface area contributed by atoms with Gasteiger partial charge >= 0.3 is 5.97 Å². The summed E-state index contributed by atoms with van der Waals surface area (Å²) in [7, 11) is 1.32. The maximum Gasteiger partial charge on any atom is 0.328 e. The third-order valence-electron chi connectivity index (χ3n) is 4.23. The van der Waals surface area contributed by atoms with Crippen LogP contribution in [0.5, 0.6) is 0 Å². The summed E-state index contributed by atoms with van der Waals surface area (Å²) >= 11 is 0. The molecule has 0 saturated carbocycles. The third kappa shape index (κ3) is 4.16. The normalized spacial score (nSPS) is 12.1. The first kappa shape index (κ1) is 18.6. The van der Waals surface area contributed by atoms with Crippen LogP contribution in [0.4, 0.5) is 0 Å². The van der Waals surface area contributed by atoms with Crippen LogP contribution in [0.25, 0.3) is 22.4 Å². The Labute approximate surface area is 157 Å². The van der Waals surface area contributed by atoms with Crippen LogP contribution in [0.3, 0.4) is 0 Å². The Balaban J connectivity index is 2.01. The molecule has 6 heteroatoms. The molecule has 3 rings (SSSR count). The van der Waals surface area contributed by atoms with Gasteiger partial charge in [-0.1, -0.05) is 32.0 Å². The zero-order valence-electron chi connectivity index (χ0n) is 15.6. The van der Waals surface area contributed by atoms with E-state index < -0.39 is 12.0 Å². The number of fused-ring (bicyclic) bond motifs is 1. The Morgan fingerprint density at radius 1 is 1.19 bits per heavy atom. The van der Waals surface area contributed by atoms with Crippen LogP contribution in [-0.4, -0.2) is 30.0 Å². The van der Waals surface area contributed by atoms with Crippen LogP contribution < -0.4 is 5.32 Å². The van der Waals surface area contributed by atoms with Crippen molar-refractivity contribution >= 4 is 22.8 Å². The summed E-state index contributed by atoms with van der Waals surface area (Å²) < 4.78 is 10.3. The molecule has 1 atom stereocenters. The van der Waals surface area contributed by atoms with Crippen LogP contribution in [-0.2, 0) is 9.53 Å². The minimum absolute atomic E-state index is 0.224. The fraction of sp³-hybridized carbons (Fsp3) is 0.286. The number of amides is 1. The summed E-state index contributed by atoms with van der Waals surface area (Å²) in [6, 6.07) is 11.9. The van der Waals surface area contributed by atoms with Crippen molar-refractivity contribution in [2.75, 3.05) is 7.11 Å². The topological polar surface area (TPSA) is 81.4 Å². The highest BCUT2D eigenvalue weighted by Crippen LogP contribution is 2.25. The quantitative estimate of drug-likeness (QED) is 0.671. The highest BCUT2D eigenvalue weighted by molar-refractivity contribution is 6.08. The summed E-state index contributed by atoms with van der Waals surface area (Å²) in [5.41, 5.74) is 1.67. The van der Waals surface area contributed by atoms with Gasteiger partial charge in [-0.3, -0.25) is 4.79 Å². The van der Waals surface area contributed by atoms with E-state index in [9.17, 15) is 9.59 Å². The molecule has 0 fully saturated rings. The first-order chi connectivity index (χ1) is 13.0. The lowest BCUT2D eigenvalue weighted by Gasteiger charge is -2.19. The van der Waals surface area contributed by atoms with Crippen molar-refractivity contribution in [3.8, 4) is 11.5 Å². The van der Waals surface area contributed by atoms with Crippen LogP contribution in [0.1, 0.15) is 30.6 Å². The molecule has 0 radical (unpaired) electrons. The molecule has 0 aliphatic heterocycles. The zero-order chi connectivity index (χ0) is 19.4. The molecule has 3 aromatic rings. The zero-order valence-corrected chi connectivity index (χ0v) is 15.6. The van der Waals surface area contributed by atoms with E-state index in [1.807, 2.05) is 38.1 Å². The average molecular weight is 366 g/mol. The van der Waals surface area contributed by atoms with Gasteiger partial charge in [0.2, 0.25) is 0 Å². The molecule has 1 amide bonds. The molecule has 0 aliphatic carbocycles. The first-order valence-electron chi connectivity index (χ1n) is 8.82. The summed E-state index contributed by atoms with van der Waals surface area (Å²) in [6.07, 6.45) is 2.05. The van der Waals surface area contributed by atoms with Gasteiger partial charge in [-0.15, -0.1) is 0 Å². The summed E-state index contributed by atoms with van der Waals surface area (Å²) in [5, 5.41) is 3.52. The molecule has 2 heterocycles. The molecule has 140 valence electrons. The highest BCUT2D eigenvalue weighted by Gasteiger charge is 2.24. The van der Waals surface area contributed by atoms with E-state index in [1.165, 1.54) is 7.11 Å². The molecule has 0 bridgehead atoms. The number of hydrogen-bond acceptors (Lipinski definition) is 5. The minimum Gasteiger partial charge on any atom is -0.467 e. The van der Waals surface area contributed by atoms with Gasteiger partial charge in [-0.05, 0) is 36.6 Å². The molecule has 0 spiro atoms. The van der Waals surface area contributed by atoms with E-state index in [0.29, 0.717) is 34.3 Å². The second-order valence-corrected chi connectivity index (χ2v) is 6.73. The molecule has 2 aromatic heterocycles. The van der Waals surface area contributed by atoms with E-state index >= 15 is 0 Å². The number of carbonyl (C=O) groups excluding carboxylic acids is 2. The Bertz CT molecular complexity index is 948. The predicted molar refractivity (Wildman–Crippen MR) is 102 cm³/mol. The first-order valence-corrected chi connectivity index (χ1v) is 8.82. The van der Waals surface area contributed by atoms with Crippen molar-refractivity contribution in [2.45, 2.75) is 26.3 Å². The standard InChI is InChI=1S/C21H22N2O4/c1-13(2)11-18(21(25)26-3)23-20(24)15-12-17(19-9-6-10-27-19)22-16-8-5-4-7-14(15)16/h4-10,12-13,18H,11H2,1-3H3,(H,23,24). The largest absolute Gasteiger partial charge is 0.467 e. The van der Waals surface area contributed by atoms with Crippen molar-refractivity contribution in [1.29, 1.82) is 0 Å². The van der Waals surface area contributed by atoms with Crippen molar-refractivity contribution in [3.05, 3.63) is 54.3 Å². The second kappa shape index (κ2) is 8.03. The van der Waals surface area contributed by atoms with Gasteiger partial charge < -0.3 is 14.5 Å². The Morgan fingerprint density at radius 2 is 1.96 bits per heavy atom. The molecule has 0 aliphatic rings. The van der Waals surface area contributed by atoms with E-state index in [2.05, 4.69) is 10.3 Å². The fourth-order valence-electron chi connectivity index (χ4n) is 2.98. The van der Waals surface area contributed by atoms with E-state index in [-0.39, 0.29) is 11.8 Å². The summed E-state index contributed by atoms with van der Waals surface area (Å²) in [4.78, 5) is 29.7. The smallest absolute Gasteiger partial charge is 0.328 e. The fourth-order valence-corrected chi connectivity index (χ4v) is 2.98. The Morgan fingerprint density at radius 3 is 2.63 bits per heavy atom. The minimum atomic E-state index is -0.707. The van der Waals surface area contributed by atoms with E-state index in [1.54, 1.807) is 24.5 Å². The van der Waals surface area contributed by atoms with Crippen LogP contribution >= 0.6 is 0 Å². The monoisotopic (exact) mass is 366 g/mol. The molecule has 6 nitrogen and oxygen atoms in total. The van der Waals surface area contributed by atoms with Gasteiger partial charge in [-0.25, -0.2) is 9.78 Å². The summed E-state index contributed by atoms with van der Waals surface area (Å²) in [6.45, 7) is 3.97. The molecule has 1 unspecified atom stereocenters. The third-order valence-corrected chi connectivity index (χ3v) is 4.23. The number of pyridine rings is 1. The lowest BCUT2D eigenvalue weighted by atomic mass is 10.0. The second-order valence-electron chi connectivity index (χ2n) is 6.73. The number of furan rings is 1. The molecule has 1 aromatic carbocycles. The molecular formula is C21H22N2O4. The maximum atomic E-state index is 13.0. The number of hydrogen-bond donors (Lipinski definition) is 1. The number of benzene rings is 1. The lowest BCUT2D eigenvalue weighted by molar-refractivity contribution is -0.143. The van der Waals surface area contributed by atoms with Gasteiger partial charge in [0.15, 0.2) is 5.76 Å². The van der Waals surface area contributed by atoms with Crippen molar-refractivity contribution in [2.24, 2.45) is 5.92 Å². The van der Waals surface area contributed by atoms with E-state index in [4.69, 9.17) is 9.15 Å². The number of para-hydroxylation sites is 1. The van der Waals surface area contributed by atoms with Crippen LogP contribution in [0, 0.1) is 5.92 Å². The predicted octanol–water partition coefficient (Wildman–Crippen LogP) is 3.81. The Hall–Kier alpha value is -3.15. The molecular weight excluding hydrogens is 344 g/mol. The SMILES string of the molecule is COC(=O)C(CC(C)C)NC(=O)c1cc(-c2ccco2)nc2ccccc12. The number of nitrogens with one attached hydrogen (secondary N) is 1. The van der Waals surface area contributed by atoms with Crippen molar-refractivity contribution in [1.82, 2.24) is 10.3 Å². The summed E-state index contributed by atoms with van der Waals surface area (Å²) in [5.74, 6) is -0.0112. The van der Waals surface area contributed by atoms with Gasteiger partial charge in [0.05, 0.1) is 24.5 Å². The number of rotatable bonds is 6. The molecule has 27 heavy (non-hydrogen) atoms. The highest BCUT2D eigenvalue weighted by atomic mass is 16.5. The number of methoxy groups -OCH3 is 1. The van der Waals surface area contributed by atoms with Gasteiger partial charge in [0.25, 0.3) is 5.91 Å². The van der Waals surface area contributed by atoms with Crippen molar-refractivity contribution < 1.29 is 18.7 Å². The van der Waals surface area contributed by atoms with Crippen molar-refractivity contribution in [3.63, 3.8) is 0 Å². The maximum absolute atomic E-state index is 13.0. The number of esters is 1. The van der Waals surface area contributed by atoms with Gasteiger partial charge in [-0.2, -0.15) is 0 Å². The Kier molecular flexibility index (Phi) is 5.54. The molecule has 1 N–H and O–H groups in total. The van der Waals surface area contributed by atoms with Crippen LogP contribution in [0.15, 0.2) is 53.1 Å². The van der Waals surface area contributed by atoms with Crippen LogP contribution in [0.2, 0.25) is 0 Å².